The molecule has 0 spiro atoms. The lowest BCUT2D eigenvalue weighted by Crippen LogP contribution is -2.34. The molecule has 0 fully saturated rings. The van der Waals surface area contributed by atoms with Crippen molar-refractivity contribution in [1.29, 1.82) is 0 Å². The third-order valence-electron chi connectivity index (χ3n) is 2.14. The highest BCUT2D eigenvalue weighted by molar-refractivity contribution is 5.67. The Morgan fingerprint density at radius 3 is 2.47 bits per heavy atom. The van der Waals surface area contributed by atoms with Crippen LogP contribution in [0.15, 0.2) is 12.7 Å². The Balaban J connectivity index is 3.71. The average Bonchev–Trinajstić information content (AvgIpc) is 2.09. The number of carbonyl (C=O) groups is 1. The molecule has 0 aromatic carbocycles. The van der Waals surface area contributed by atoms with Crippen LogP contribution in [0.25, 0.3) is 0 Å². The molecule has 0 bridgehead atoms. The fourth-order valence-corrected chi connectivity index (χ4v) is 1.39. The highest BCUT2D eigenvalue weighted by Gasteiger charge is 2.18. The van der Waals surface area contributed by atoms with Crippen LogP contribution < -0.4 is 5.32 Å². The van der Waals surface area contributed by atoms with Crippen LogP contribution in [0.1, 0.15) is 47.0 Å². The molecule has 0 aromatic rings. The lowest BCUT2D eigenvalue weighted by molar-refractivity contribution is 0.0454. The second-order valence-corrected chi connectivity index (χ2v) is 5.52. The van der Waals surface area contributed by atoms with E-state index >= 15 is 0 Å². The van der Waals surface area contributed by atoms with Crippen molar-refractivity contribution in [3.8, 4) is 0 Å². The lowest BCUT2D eigenvalue weighted by atomic mass is 9.96. The summed E-state index contributed by atoms with van der Waals surface area (Å²) in [6, 6.07) is 0. The van der Waals surface area contributed by atoms with Crippen molar-refractivity contribution in [3.63, 3.8) is 0 Å². The highest BCUT2D eigenvalue weighted by Crippen LogP contribution is 2.16. The van der Waals surface area contributed by atoms with Gasteiger partial charge in [-0.2, -0.15) is 0 Å². The van der Waals surface area contributed by atoms with Gasteiger partial charge in [0.1, 0.15) is 5.60 Å². The predicted molar refractivity (Wildman–Crippen MR) is 68.9 cm³/mol. The minimum absolute atomic E-state index is 0.416. The van der Waals surface area contributed by atoms with Gasteiger partial charge in [-0.25, -0.2) is 4.79 Å². The molecule has 0 aliphatic carbocycles. The van der Waals surface area contributed by atoms with E-state index in [0.717, 1.165) is 0 Å². The van der Waals surface area contributed by atoms with Crippen molar-refractivity contribution >= 4 is 6.09 Å². The molecule has 0 rings (SSSR count). The van der Waals surface area contributed by atoms with E-state index in [-0.39, 0.29) is 0 Å². The first-order valence-electron chi connectivity index (χ1n) is 5.96. The van der Waals surface area contributed by atoms with Gasteiger partial charge in [0.25, 0.3) is 0 Å². The minimum Gasteiger partial charge on any atom is -0.444 e. The zero-order valence-electron chi connectivity index (χ0n) is 11.4. The Morgan fingerprint density at radius 1 is 1.41 bits per heavy atom. The molecule has 4 heteroatoms. The first kappa shape index (κ1) is 16.0. The van der Waals surface area contributed by atoms with Gasteiger partial charge in [0.05, 0.1) is 5.60 Å². The average molecular weight is 243 g/mol. The number of ether oxygens (including phenoxy) is 1. The van der Waals surface area contributed by atoms with Gasteiger partial charge in [-0.15, -0.1) is 6.58 Å². The summed E-state index contributed by atoms with van der Waals surface area (Å²) >= 11 is 0. The zero-order valence-corrected chi connectivity index (χ0v) is 11.4. The Labute approximate surface area is 104 Å². The first-order valence-corrected chi connectivity index (χ1v) is 5.96. The van der Waals surface area contributed by atoms with Gasteiger partial charge >= 0.3 is 6.09 Å². The van der Waals surface area contributed by atoms with Crippen LogP contribution in [0.4, 0.5) is 4.79 Å². The second-order valence-electron chi connectivity index (χ2n) is 5.52. The quantitative estimate of drug-likeness (QED) is 0.557. The largest absolute Gasteiger partial charge is 0.444 e. The van der Waals surface area contributed by atoms with E-state index in [1.165, 1.54) is 0 Å². The van der Waals surface area contributed by atoms with Crippen LogP contribution >= 0.6 is 0 Å². The second kappa shape index (κ2) is 6.64. The summed E-state index contributed by atoms with van der Waals surface area (Å²) in [4.78, 5) is 11.3. The highest BCUT2D eigenvalue weighted by atomic mass is 16.6. The predicted octanol–water partition coefficient (Wildman–Crippen LogP) is 2.62. The van der Waals surface area contributed by atoms with Crippen LogP contribution in [-0.2, 0) is 4.74 Å². The summed E-state index contributed by atoms with van der Waals surface area (Å²) < 4.78 is 5.09. The van der Waals surface area contributed by atoms with Gasteiger partial charge in [-0.05, 0) is 47.0 Å². The zero-order chi connectivity index (χ0) is 13.5. The van der Waals surface area contributed by atoms with Gasteiger partial charge in [0.15, 0.2) is 0 Å². The van der Waals surface area contributed by atoms with Crippen molar-refractivity contribution in [2.75, 3.05) is 6.54 Å². The maximum Gasteiger partial charge on any atom is 0.407 e. The van der Waals surface area contributed by atoms with Crippen molar-refractivity contribution in [1.82, 2.24) is 5.32 Å². The summed E-state index contributed by atoms with van der Waals surface area (Å²) in [6.45, 7) is 11.3. The van der Waals surface area contributed by atoms with Gasteiger partial charge in [-0.3, -0.25) is 0 Å². The monoisotopic (exact) mass is 243 g/mol. The van der Waals surface area contributed by atoms with Crippen molar-refractivity contribution in [2.24, 2.45) is 0 Å². The molecule has 0 saturated carbocycles. The van der Waals surface area contributed by atoms with Crippen LogP contribution in [0.5, 0.6) is 0 Å². The van der Waals surface area contributed by atoms with Crippen molar-refractivity contribution < 1.29 is 14.6 Å². The van der Waals surface area contributed by atoms with Crippen LogP contribution in [0.3, 0.4) is 0 Å². The summed E-state index contributed by atoms with van der Waals surface area (Å²) in [5.41, 5.74) is -1.21. The van der Waals surface area contributed by atoms with E-state index in [4.69, 9.17) is 4.74 Å². The fourth-order valence-electron chi connectivity index (χ4n) is 1.39. The molecule has 1 unspecified atom stereocenters. The maximum absolute atomic E-state index is 11.3. The molecule has 0 aliphatic rings. The van der Waals surface area contributed by atoms with E-state index in [9.17, 15) is 9.90 Å². The standard InChI is InChI=1S/C13H25NO3/c1-6-8-13(5,16)9-7-10-14-11(15)17-12(2,3)4/h6,16H,1,7-10H2,2-5H3,(H,14,15). The normalized spacial score (nSPS) is 14.9. The molecule has 17 heavy (non-hydrogen) atoms. The molecule has 0 heterocycles. The number of carbonyl (C=O) groups excluding carboxylic acids is 1. The smallest absolute Gasteiger partial charge is 0.407 e. The molecular weight excluding hydrogens is 218 g/mol. The topological polar surface area (TPSA) is 58.6 Å². The van der Waals surface area contributed by atoms with E-state index in [1.54, 1.807) is 13.0 Å². The molecule has 2 N–H and O–H groups in total. The third kappa shape index (κ3) is 9.87. The summed E-state index contributed by atoms with van der Waals surface area (Å²) in [7, 11) is 0. The van der Waals surface area contributed by atoms with Gasteiger partial charge in [-0.1, -0.05) is 6.08 Å². The Hall–Kier alpha value is -1.03. The fraction of sp³-hybridized carbons (Fsp3) is 0.769. The molecule has 0 saturated heterocycles. The Kier molecular flexibility index (Phi) is 6.24. The number of aliphatic hydroxyl groups is 1. The Morgan fingerprint density at radius 2 is 2.00 bits per heavy atom. The van der Waals surface area contributed by atoms with Crippen molar-refractivity contribution in [3.05, 3.63) is 12.7 Å². The van der Waals surface area contributed by atoms with Crippen molar-refractivity contribution in [2.45, 2.75) is 58.2 Å². The van der Waals surface area contributed by atoms with E-state index in [1.807, 2.05) is 20.8 Å². The van der Waals surface area contributed by atoms with Gasteiger partial charge in [0, 0.05) is 6.54 Å². The van der Waals surface area contributed by atoms with E-state index in [0.29, 0.717) is 25.8 Å². The van der Waals surface area contributed by atoms with Gasteiger partial charge < -0.3 is 15.2 Å². The molecule has 1 amide bonds. The molecule has 0 aromatic heterocycles. The number of hydrogen-bond donors (Lipinski definition) is 2. The number of alkyl carbamates (subject to hydrolysis) is 1. The number of amides is 1. The lowest BCUT2D eigenvalue weighted by Gasteiger charge is -2.22. The van der Waals surface area contributed by atoms with Gasteiger partial charge in [0.2, 0.25) is 0 Å². The minimum atomic E-state index is -0.739. The van der Waals surface area contributed by atoms with Crippen LogP contribution in [0.2, 0.25) is 0 Å². The molecule has 0 radical (unpaired) electrons. The molecule has 1 atom stereocenters. The molecule has 4 nitrogen and oxygen atoms in total. The third-order valence-corrected chi connectivity index (χ3v) is 2.14. The molecular formula is C13H25NO3. The maximum atomic E-state index is 11.3. The number of hydrogen-bond acceptors (Lipinski definition) is 3. The number of nitrogens with one attached hydrogen (secondary N) is 1. The summed E-state index contributed by atoms with van der Waals surface area (Å²) in [5, 5.41) is 12.5. The first-order chi connectivity index (χ1) is 7.66. The Bertz CT molecular complexity index is 254. The number of rotatable bonds is 6. The van der Waals surface area contributed by atoms with Crippen LogP contribution in [0, 0.1) is 0 Å². The van der Waals surface area contributed by atoms with E-state index in [2.05, 4.69) is 11.9 Å². The van der Waals surface area contributed by atoms with Crippen LogP contribution in [-0.4, -0.2) is 28.9 Å². The SMILES string of the molecule is C=CCC(C)(O)CCCNC(=O)OC(C)(C)C. The van der Waals surface area contributed by atoms with E-state index < -0.39 is 17.3 Å². The summed E-state index contributed by atoms with van der Waals surface area (Å²) in [5.74, 6) is 0. The summed E-state index contributed by atoms with van der Waals surface area (Å²) in [6.07, 6.45) is 3.16. The molecule has 100 valence electrons. The molecule has 0 aliphatic heterocycles.